The zero-order valence-electron chi connectivity index (χ0n) is 19.2. The molecule has 8 heteroatoms. The quantitative estimate of drug-likeness (QED) is 0.624. The van der Waals surface area contributed by atoms with Crippen LogP contribution in [0, 0.1) is 11.8 Å². The normalized spacial score (nSPS) is 18.6. The number of aromatic nitrogens is 2. The number of amides is 2. The number of hydrogen-bond donors (Lipinski definition) is 1. The summed E-state index contributed by atoms with van der Waals surface area (Å²) >= 11 is 1.24. The molecule has 0 aromatic carbocycles. The molecule has 2 aliphatic carbocycles. The van der Waals surface area contributed by atoms with Crippen molar-refractivity contribution >= 4 is 34.1 Å². The first kappa shape index (κ1) is 23.5. The van der Waals surface area contributed by atoms with Gasteiger partial charge in [0.25, 0.3) is 0 Å². The van der Waals surface area contributed by atoms with Crippen molar-refractivity contribution in [2.75, 3.05) is 18.9 Å². The van der Waals surface area contributed by atoms with E-state index in [1.54, 1.807) is 18.1 Å². The summed E-state index contributed by atoms with van der Waals surface area (Å²) in [6.45, 7) is 0.548. The van der Waals surface area contributed by atoms with Crippen LogP contribution in [0.15, 0.2) is 24.4 Å². The topological polar surface area (TPSA) is 92.3 Å². The van der Waals surface area contributed by atoms with Gasteiger partial charge in [0.2, 0.25) is 11.8 Å². The molecule has 0 spiro atoms. The summed E-state index contributed by atoms with van der Waals surface area (Å²) in [5.74, 6) is 0.0950. The Bertz CT molecular complexity index is 985. The average molecular weight is 469 g/mol. The number of hydrogen-bond acceptors (Lipinski definition) is 6. The van der Waals surface area contributed by atoms with Crippen molar-refractivity contribution in [1.29, 1.82) is 0 Å². The third-order valence-corrected chi connectivity index (χ3v) is 7.78. The van der Waals surface area contributed by atoms with Crippen LogP contribution < -0.4 is 5.32 Å². The predicted molar refractivity (Wildman–Crippen MR) is 128 cm³/mol. The van der Waals surface area contributed by atoms with Crippen molar-refractivity contribution in [2.24, 2.45) is 11.8 Å². The van der Waals surface area contributed by atoms with Crippen molar-refractivity contribution < 1.29 is 14.4 Å². The molecule has 2 aromatic heterocycles. The highest BCUT2D eigenvalue weighted by Crippen LogP contribution is 2.33. The van der Waals surface area contributed by atoms with Gasteiger partial charge in [-0.15, -0.1) is 0 Å². The molecule has 2 aromatic rings. The molecule has 1 saturated carbocycles. The highest BCUT2D eigenvalue weighted by Gasteiger charge is 2.34. The van der Waals surface area contributed by atoms with E-state index in [0.29, 0.717) is 47.4 Å². The minimum atomic E-state index is -0.407. The predicted octanol–water partition coefficient (Wildman–Crippen LogP) is 4.28. The van der Waals surface area contributed by atoms with E-state index in [2.05, 4.69) is 15.3 Å². The molecule has 7 nitrogen and oxygen atoms in total. The molecule has 1 unspecified atom stereocenters. The van der Waals surface area contributed by atoms with Crippen molar-refractivity contribution in [3.63, 3.8) is 0 Å². The number of carbonyl (C=O) groups excluding carboxylic acids is 3. The van der Waals surface area contributed by atoms with Crippen LogP contribution in [-0.2, 0) is 22.4 Å². The van der Waals surface area contributed by atoms with Crippen molar-refractivity contribution in [1.82, 2.24) is 14.9 Å². The summed E-state index contributed by atoms with van der Waals surface area (Å²) in [7, 11) is 1.77. The molecular weight excluding hydrogens is 436 g/mol. The van der Waals surface area contributed by atoms with E-state index < -0.39 is 5.92 Å². The van der Waals surface area contributed by atoms with Gasteiger partial charge in [-0.1, -0.05) is 49.5 Å². The number of ketones is 1. The largest absolute Gasteiger partial charge is 0.345 e. The third-order valence-electron chi connectivity index (χ3n) is 6.73. The number of carbonyl (C=O) groups is 3. The van der Waals surface area contributed by atoms with E-state index in [1.165, 1.54) is 43.4 Å². The summed E-state index contributed by atoms with van der Waals surface area (Å²) in [5.41, 5.74) is 1.57. The molecule has 33 heavy (non-hydrogen) atoms. The average Bonchev–Trinajstić information content (AvgIpc) is 3.25. The zero-order valence-corrected chi connectivity index (χ0v) is 20.0. The summed E-state index contributed by atoms with van der Waals surface area (Å²) in [6, 6.07) is 5.74. The Balaban J connectivity index is 1.30. The molecule has 1 atom stereocenters. The smallest absolute Gasteiger partial charge is 0.226 e. The Morgan fingerprint density at radius 3 is 2.76 bits per heavy atom. The number of thiazole rings is 1. The van der Waals surface area contributed by atoms with Crippen LogP contribution in [0.25, 0.3) is 0 Å². The lowest BCUT2D eigenvalue weighted by atomic mass is 9.86. The zero-order chi connectivity index (χ0) is 23.2. The van der Waals surface area contributed by atoms with Crippen LogP contribution in [0.1, 0.15) is 72.4 Å². The van der Waals surface area contributed by atoms with Gasteiger partial charge in [0.1, 0.15) is 0 Å². The van der Waals surface area contributed by atoms with E-state index in [4.69, 9.17) is 0 Å². The standard InChI is InChI=1S/C25H32N4O3S/c1-29(14-12-19-9-5-6-13-26-19)24(32)18-15-20-23(21(30)16-18)33-25(27-20)28-22(31)11-10-17-7-3-2-4-8-17/h5-6,9,13,17-18H,2-4,7-8,10-12,14-16H2,1H3,(H,27,28,31). The van der Waals surface area contributed by atoms with Crippen LogP contribution in [0.4, 0.5) is 5.13 Å². The number of rotatable bonds is 8. The van der Waals surface area contributed by atoms with Gasteiger partial charge in [-0.25, -0.2) is 4.98 Å². The van der Waals surface area contributed by atoms with Gasteiger partial charge < -0.3 is 10.2 Å². The molecule has 2 heterocycles. The molecule has 0 saturated heterocycles. The van der Waals surface area contributed by atoms with E-state index >= 15 is 0 Å². The minimum Gasteiger partial charge on any atom is -0.345 e. The van der Waals surface area contributed by atoms with Gasteiger partial charge in [0, 0.05) is 51.2 Å². The van der Waals surface area contributed by atoms with E-state index in [0.717, 1.165) is 12.1 Å². The summed E-state index contributed by atoms with van der Waals surface area (Å²) in [5, 5.41) is 3.35. The fourth-order valence-corrected chi connectivity index (χ4v) is 5.76. The molecule has 2 aliphatic rings. The number of nitrogens with zero attached hydrogens (tertiary/aromatic N) is 3. The van der Waals surface area contributed by atoms with Gasteiger partial charge in [-0.05, 0) is 24.5 Å². The van der Waals surface area contributed by atoms with Crippen LogP contribution >= 0.6 is 11.3 Å². The number of Topliss-reactive ketones (excluding diaryl/α,β-unsaturated/α-hetero) is 1. The Morgan fingerprint density at radius 2 is 2.00 bits per heavy atom. The molecule has 4 rings (SSSR count). The maximum Gasteiger partial charge on any atom is 0.226 e. The Morgan fingerprint density at radius 1 is 1.18 bits per heavy atom. The van der Waals surface area contributed by atoms with Gasteiger partial charge in [-0.3, -0.25) is 19.4 Å². The minimum absolute atomic E-state index is 0.0407. The van der Waals surface area contributed by atoms with E-state index in [1.807, 2.05) is 18.2 Å². The van der Waals surface area contributed by atoms with Gasteiger partial charge in [0.05, 0.1) is 16.5 Å². The summed E-state index contributed by atoms with van der Waals surface area (Å²) in [6.07, 6.45) is 10.7. The second kappa shape index (κ2) is 11.0. The number of anilines is 1. The highest BCUT2D eigenvalue weighted by molar-refractivity contribution is 7.17. The number of likely N-dealkylation sites (N-methyl/N-ethyl adjacent to an activating group) is 1. The van der Waals surface area contributed by atoms with Gasteiger partial charge in [0.15, 0.2) is 10.9 Å². The molecule has 0 aliphatic heterocycles. The fourth-order valence-electron chi connectivity index (χ4n) is 4.80. The van der Waals surface area contributed by atoms with E-state index in [-0.39, 0.29) is 24.0 Å². The van der Waals surface area contributed by atoms with Crippen molar-refractivity contribution in [3.05, 3.63) is 40.7 Å². The van der Waals surface area contributed by atoms with Crippen LogP contribution in [-0.4, -0.2) is 46.1 Å². The third kappa shape index (κ3) is 6.25. The number of pyridine rings is 1. The SMILES string of the molecule is CN(CCc1ccccn1)C(=O)C1CC(=O)c2sc(NC(=O)CCC3CCCCC3)nc2C1. The summed E-state index contributed by atoms with van der Waals surface area (Å²) in [4.78, 5) is 49.1. The maximum atomic E-state index is 13.0. The highest BCUT2D eigenvalue weighted by atomic mass is 32.1. The van der Waals surface area contributed by atoms with E-state index in [9.17, 15) is 14.4 Å². The lowest BCUT2D eigenvalue weighted by Crippen LogP contribution is -2.38. The molecular formula is C25H32N4O3S. The maximum absolute atomic E-state index is 13.0. The lowest BCUT2D eigenvalue weighted by Gasteiger charge is -2.25. The first-order chi connectivity index (χ1) is 16.0. The molecule has 0 radical (unpaired) electrons. The fraction of sp³-hybridized carbons (Fsp3) is 0.560. The van der Waals surface area contributed by atoms with Crippen molar-refractivity contribution in [2.45, 2.75) is 64.2 Å². The lowest BCUT2D eigenvalue weighted by molar-refractivity contribution is -0.134. The van der Waals surface area contributed by atoms with Crippen LogP contribution in [0.3, 0.4) is 0 Å². The molecule has 176 valence electrons. The number of nitrogens with one attached hydrogen (secondary N) is 1. The first-order valence-corrected chi connectivity index (χ1v) is 12.8. The molecule has 1 N–H and O–H groups in total. The van der Waals surface area contributed by atoms with Gasteiger partial charge in [-0.2, -0.15) is 0 Å². The molecule has 1 fully saturated rings. The van der Waals surface area contributed by atoms with Gasteiger partial charge >= 0.3 is 0 Å². The second-order valence-corrected chi connectivity index (χ2v) is 10.2. The number of fused-ring (bicyclic) bond motifs is 1. The van der Waals surface area contributed by atoms with Crippen LogP contribution in [0.5, 0.6) is 0 Å². The van der Waals surface area contributed by atoms with Crippen molar-refractivity contribution in [3.8, 4) is 0 Å². The Hall–Kier alpha value is -2.61. The monoisotopic (exact) mass is 468 g/mol. The molecule has 0 bridgehead atoms. The second-order valence-electron chi connectivity index (χ2n) is 9.24. The van der Waals surface area contributed by atoms with Crippen LogP contribution in [0.2, 0.25) is 0 Å². The summed E-state index contributed by atoms with van der Waals surface area (Å²) < 4.78 is 0. The first-order valence-electron chi connectivity index (χ1n) is 12.0. The molecule has 2 amide bonds. The Kier molecular flexibility index (Phi) is 7.85. The Labute approximate surface area is 199 Å².